The molecule has 3 aliphatic rings. The first-order chi connectivity index (χ1) is 10.2. The van der Waals surface area contributed by atoms with Crippen molar-refractivity contribution in [1.82, 2.24) is 9.80 Å². The normalized spacial score (nSPS) is 42.7. The monoisotopic (exact) mass is 295 g/mol. The summed E-state index contributed by atoms with van der Waals surface area (Å²) in [5.41, 5.74) is 6.49. The lowest BCUT2D eigenvalue weighted by Crippen LogP contribution is -2.68. The molecule has 0 radical (unpaired) electrons. The molecule has 0 amide bonds. The van der Waals surface area contributed by atoms with Crippen molar-refractivity contribution < 1.29 is 4.74 Å². The first-order valence-corrected chi connectivity index (χ1v) is 9.01. The summed E-state index contributed by atoms with van der Waals surface area (Å²) in [5, 5.41) is 0. The smallest absolute Gasteiger partial charge is 0.0590 e. The fraction of sp³-hybridized carbons (Fsp3) is 1.00. The largest absolute Gasteiger partial charge is 0.378 e. The Labute approximate surface area is 130 Å². The molecule has 0 spiro atoms. The minimum absolute atomic E-state index is 0.182. The van der Waals surface area contributed by atoms with Crippen molar-refractivity contribution in [2.45, 2.75) is 76.1 Å². The van der Waals surface area contributed by atoms with Gasteiger partial charge in [-0.25, -0.2) is 0 Å². The molecule has 4 unspecified atom stereocenters. The number of nitrogens with two attached hydrogens (primary N) is 1. The van der Waals surface area contributed by atoms with Crippen molar-refractivity contribution in [1.29, 1.82) is 0 Å². The first-order valence-electron chi connectivity index (χ1n) is 9.01. The quantitative estimate of drug-likeness (QED) is 0.862. The summed E-state index contributed by atoms with van der Waals surface area (Å²) in [7, 11) is 0. The van der Waals surface area contributed by atoms with Gasteiger partial charge < -0.3 is 10.5 Å². The summed E-state index contributed by atoms with van der Waals surface area (Å²) in [6, 6.07) is 1.39. The summed E-state index contributed by atoms with van der Waals surface area (Å²) >= 11 is 0. The lowest BCUT2D eigenvalue weighted by Gasteiger charge is -2.56. The minimum Gasteiger partial charge on any atom is -0.378 e. The van der Waals surface area contributed by atoms with Crippen LogP contribution in [0.1, 0.15) is 52.4 Å². The Kier molecular flexibility index (Phi) is 4.89. The number of fused-ring (bicyclic) bond motifs is 1. The van der Waals surface area contributed by atoms with Gasteiger partial charge in [0.25, 0.3) is 0 Å². The minimum atomic E-state index is 0.182. The Hall–Kier alpha value is -0.160. The van der Waals surface area contributed by atoms with Gasteiger partial charge in [-0.1, -0.05) is 13.3 Å². The predicted molar refractivity (Wildman–Crippen MR) is 86.4 cm³/mol. The molecule has 0 bridgehead atoms. The summed E-state index contributed by atoms with van der Waals surface area (Å²) in [5.74, 6) is 0. The Morgan fingerprint density at radius 2 is 2.14 bits per heavy atom. The van der Waals surface area contributed by atoms with Crippen LogP contribution in [0.5, 0.6) is 0 Å². The highest BCUT2D eigenvalue weighted by atomic mass is 16.5. The molecule has 0 saturated carbocycles. The second-order valence-electron chi connectivity index (χ2n) is 7.43. The third-order valence-corrected chi connectivity index (χ3v) is 6.16. The van der Waals surface area contributed by atoms with E-state index in [9.17, 15) is 0 Å². The first kappa shape index (κ1) is 15.7. The van der Waals surface area contributed by atoms with Crippen LogP contribution in [0.3, 0.4) is 0 Å². The Balaban J connectivity index is 1.76. The lowest BCUT2D eigenvalue weighted by atomic mass is 9.81. The molecule has 4 nitrogen and oxygen atoms in total. The molecule has 0 aliphatic carbocycles. The van der Waals surface area contributed by atoms with Crippen molar-refractivity contribution in [2.24, 2.45) is 5.73 Å². The van der Waals surface area contributed by atoms with Crippen LogP contribution in [0.2, 0.25) is 0 Å². The van der Waals surface area contributed by atoms with E-state index in [1.807, 2.05) is 0 Å². The van der Waals surface area contributed by atoms with Gasteiger partial charge in [-0.15, -0.1) is 0 Å². The maximum atomic E-state index is 6.31. The zero-order valence-electron chi connectivity index (χ0n) is 13.9. The van der Waals surface area contributed by atoms with Crippen LogP contribution < -0.4 is 5.73 Å². The van der Waals surface area contributed by atoms with Crippen LogP contribution in [0.25, 0.3) is 0 Å². The summed E-state index contributed by atoms with van der Waals surface area (Å²) in [6.07, 6.45) is 7.90. The van der Waals surface area contributed by atoms with Crippen LogP contribution in [0.4, 0.5) is 0 Å². The molecule has 21 heavy (non-hydrogen) atoms. The van der Waals surface area contributed by atoms with Gasteiger partial charge in [-0.3, -0.25) is 9.80 Å². The van der Waals surface area contributed by atoms with Crippen molar-refractivity contribution in [3.8, 4) is 0 Å². The Morgan fingerprint density at radius 3 is 2.90 bits per heavy atom. The molecule has 3 rings (SSSR count). The second-order valence-corrected chi connectivity index (χ2v) is 7.43. The van der Waals surface area contributed by atoms with E-state index < -0.39 is 0 Å². The van der Waals surface area contributed by atoms with E-state index in [1.165, 1.54) is 38.9 Å². The van der Waals surface area contributed by atoms with E-state index in [-0.39, 0.29) is 5.54 Å². The van der Waals surface area contributed by atoms with Crippen LogP contribution >= 0.6 is 0 Å². The van der Waals surface area contributed by atoms with Crippen molar-refractivity contribution in [3.63, 3.8) is 0 Å². The molecule has 4 heteroatoms. The van der Waals surface area contributed by atoms with Crippen LogP contribution in [0.15, 0.2) is 0 Å². The van der Waals surface area contributed by atoms with E-state index in [0.29, 0.717) is 12.1 Å². The topological polar surface area (TPSA) is 41.7 Å². The van der Waals surface area contributed by atoms with Gasteiger partial charge in [-0.2, -0.15) is 0 Å². The highest BCUT2D eigenvalue weighted by Gasteiger charge is 2.46. The molecule has 0 aromatic carbocycles. The van der Waals surface area contributed by atoms with Gasteiger partial charge >= 0.3 is 0 Å². The number of rotatable bonds is 3. The highest BCUT2D eigenvalue weighted by Crippen LogP contribution is 2.36. The molecule has 3 fully saturated rings. The van der Waals surface area contributed by atoms with Crippen molar-refractivity contribution in [3.05, 3.63) is 0 Å². The molecule has 0 aromatic rings. The molecule has 122 valence electrons. The fourth-order valence-corrected chi connectivity index (χ4v) is 4.84. The van der Waals surface area contributed by atoms with Gasteiger partial charge in [0.1, 0.15) is 0 Å². The third kappa shape index (κ3) is 3.00. The van der Waals surface area contributed by atoms with Gasteiger partial charge in [0.15, 0.2) is 0 Å². The third-order valence-electron chi connectivity index (χ3n) is 6.16. The molecule has 3 saturated heterocycles. The van der Waals surface area contributed by atoms with Crippen LogP contribution in [-0.4, -0.2) is 66.3 Å². The maximum Gasteiger partial charge on any atom is 0.0590 e. The Morgan fingerprint density at radius 1 is 1.29 bits per heavy atom. The molecule has 3 aliphatic heterocycles. The van der Waals surface area contributed by atoms with Gasteiger partial charge in [-0.05, 0) is 45.6 Å². The van der Waals surface area contributed by atoms with E-state index in [0.717, 1.165) is 38.5 Å². The number of hydrogen-bond donors (Lipinski definition) is 1. The van der Waals surface area contributed by atoms with Gasteiger partial charge in [0.05, 0.1) is 6.10 Å². The molecular weight excluding hydrogens is 262 g/mol. The summed E-state index contributed by atoms with van der Waals surface area (Å²) in [6.45, 7) is 10.0. The van der Waals surface area contributed by atoms with E-state index in [2.05, 4.69) is 23.6 Å². The van der Waals surface area contributed by atoms with Crippen LogP contribution in [-0.2, 0) is 4.74 Å². The fourth-order valence-electron chi connectivity index (χ4n) is 4.84. The van der Waals surface area contributed by atoms with Crippen molar-refractivity contribution >= 4 is 0 Å². The van der Waals surface area contributed by atoms with Gasteiger partial charge in [0, 0.05) is 43.9 Å². The van der Waals surface area contributed by atoms with E-state index >= 15 is 0 Å². The number of hydrogen-bond acceptors (Lipinski definition) is 4. The lowest BCUT2D eigenvalue weighted by molar-refractivity contribution is -0.111. The molecular formula is C17H33N3O. The predicted octanol–water partition coefficient (Wildman–Crippen LogP) is 1.83. The number of ether oxygens (including phenoxy) is 1. The number of piperidine rings is 1. The zero-order chi connectivity index (χ0) is 14.9. The maximum absolute atomic E-state index is 6.31. The molecule has 0 aromatic heterocycles. The highest BCUT2D eigenvalue weighted by molar-refractivity contribution is 5.02. The van der Waals surface area contributed by atoms with Crippen molar-refractivity contribution in [2.75, 3.05) is 32.8 Å². The molecule has 4 atom stereocenters. The number of piperazine rings is 1. The average Bonchev–Trinajstić information content (AvgIpc) is 2.54. The molecule has 2 N–H and O–H groups in total. The van der Waals surface area contributed by atoms with E-state index in [4.69, 9.17) is 10.5 Å². The second kappa shape index (κ2) is 6.53. The standard InChI is InChI=1S/C17H33N3O/c1-3-16-10-17(13-18,7-9-21-16)20-12-15-6-4-5-8-19(15)11-14(20)2/h14-16H,3-13,18H2,1-2H3. The van der Waals surface area contributed by atoms with Crippen LogP contribution in [0, 0.1) is 0 Å². The van der Waals surface area contributed by atoms with E-state index in [1.54, 1.807) is 0 Å². The summed E-state index contributed by atoms with van der Waals surface area (Å²) in [4.78, 5) is 5.50. The SMILES string of the molecule is CCC1CC(CN)(N2CC3CCCCN3CC2C)CCO1. The van der Waals surface area contributed by atoms with Gasteiger partial charge in [0.2, 0.25) is 0 Å². The summed E-state index contributed by atoms with van der Waals surface area (Å²) < 4.78 is 5.92. The number of nitrogens with zero attached hydrogens (tertiary/aromatic N) is 2. The molecule has 3 heterocycles. The Bertz CT molecular complexity index is 351. The zero-order valence-corrected chi connectivity index (χ0v) is 13.9. The average molecular weight is 295 g/mol.